The Morgan fingerprint density at radius 3 is 2.12 bits per heavy atom. The number of halogens is 1. The number of esters is 1. The van der Waals surface area contributed by atoms with Gasteiger partial charge in [0.2, 0.25) is 0 Å². The highest BCUT2D eigenvalue weighted by Gasteiger charge is 2.11. The Bertz CT molecular complexity index is 942. The van der Waals surface area contributed by atoms with Crippen LogP contribution >= 0.6 is 22.6 Å². The van der Waals surface area contributed by atoms with Crippen LogP contribution in [0.3, 0.4) is 0 Å². The highest BCUT2D eigenvalue weighted by molar-refractivity contribution is 14.1. The van der Waals surface area contributed by atoms with E-state index in [4.69, 9.17) is 4.74 Å². The summed E-state index contributed by atoms with van der Waals surface area (Å²) in [6.45, 7) is 5.43. The molecule has 0 atom stereocenters. The van der Waals surface area contributed by atoms with Crippen LogP contribution in [-0.4, -0.2) is 10.5 Å². The molecule has 0 saturated heterocycles. The number of carbonyl (C=O) groups is 1. The van der Waals surface area contributed by atoms with Crippen molar-refractivity contribution in [3.8, 4) is 0 Å². The van der Waals surface area contributed by atoms with E-state index in [1.807, 2.05) is 37.3 Å². The number of fused-ring (bicyclic) bond motifs is 3. The third kappa shape index (κ3) is 3.01. The monoisotopic (exact) mass is 429 g/mol. The van der Waals surface area contributed by atoms with Gasteiger partial charge >= 0.3 is 5.97 Å². The first kappa shape index (κ1) is 16.5. The summed E-state index contributed by atoms with van der Waals surface area (Å²) in [4.78, 5) is 11.5. The van der Waals surface area contributed by atoms with Crippen LogP contribution in [0.4, 0.5) is 0 Å². The smallest absolute Gasteiger partial charge is 0.335 e. The van der Waals surface area contributed by atoms with Gasteiger partial charge in [0.15, 0.2) is 0 Å². The van der Waals surface area contributed by atoms with Gasteiger partial charge in [0.05, 0.1) is 11.0 Å². The second kappa shape index (κ2) is 7.05. The van der Waals surface area contributed by atoms with Crippen molar-refractivity contribution in [2.24, 2.45) is 0 Å². The number of hydrogen-bond acceptors (Lipinski definition) is 2. The number of ether oxygens (including phenoxy) is 1. The van der Waals surface area contributed by atoms with Crippen LogP contribution in [0.5, 0.6) is 0 Å². The third-order valence-electron chi connectivity index (χ3n) is 3.78. The molecule has 4 heteroatoms. The molecule has 3 nitrogen and oxygen atoms in total. The summed E-state index contributed by atoms with van der Waals surface area (Å²) in [5.41, 5.74) is 3.21. The first-order chi connectivity index (χ1) is 11.7. The zero-order chi connectivity index (χ0) is 17.1. The van der Waals surface area contributed by atoms with Gasteiger partial charge in [-0.15, -0.1) is 0 Å². The maximum atomic E-state index is 11.5. The summed E-state index contributed by atoms with van der Waals surface area (Å²) in [6.07, 6.45) is 3.01. The van der Waals surface area contributed by atoms with Crippen LogP contribution in [-0.2, 0) is 9.53 Å². The first-order valence-corrected chi connectivity index (χ1v) is 8.71. The van der Waals surface area contributed by atoms with Crippen LogP contribution in [0.2, 0.25) is 0 Å². The van der Waals surface area contributed by atoms with E-state index in [0.717, 1.165) is 22.8 Å². The Balaban J connectivity index is 2.18. The van der Waals surface area contributed by atoms with Crippen LogP contribution in [0.1, 0.15) is 6.92 Å². The molecule has 0 amide bonds. The predicted molar refractivity (Wildman–Crippen MR) is 108 cm³/mol. The molecule has 0 aliphatic rings. The summed E-state index contributed by atoms with van der Waals surface area (Å²) < 4.78 is 9.15. The van der Waals surface area contributed by atoms with Crippen molar-refractivity contribution < 1.29 is 9.53 Å². The Labute approximate surface area is 154 Å². The fraction of sp³-hybridized carbons (Fsp3) is 0.0500. The molecule has 0 N–H and O–H groups in total. The van der Waals surface area contributed by atoms with Gasteiger partial charge in [-0.2, -0.15) is 0 Å². The summed E-state index contributed by atoms with van der Waals surface area (Å²) >= 11 is 2.06. The Morgan fingerprint density at radius 1 is 1.08 bits per heavy atom. The first-order valence-electron chi connectivity index (χ1n) is 7.47. The van der Waals surface area contributed by atoms with E-state index in [1.54, 1.807) is 4.08 Å². The standard InChI is InChI=1S/C20H16INO2/c1-3-20(23)24-15(13-21)12-14(2)22-18-10-6-4-8-16(18)17-9-5-7-11-19(17)22/h3-13H,1H2,2H3/b14-12+,15-13+. The normalized spacial score (nSPS) is 12.6. The van der Waals surface area contributed by atoms with Crippen molar-refractivity contribution in [2.75, 3.05) is 0 Å². The van der Waals surface area contributed by atoms with Gasteiger partial charge in [0.1, 0.15) is 5.76 Å². The summed E-state index contributed by atoms with van der Waals surface area (Å²) in [6, 6.07) is 16.6. The number of rotatable bonds is 4. The lowest BCUT2D eigenvalue weighted by Crippen LogP contribution is -2.00. The minimum absolute atomic E-state index is 0.468. The highest BCUT2D eigenvalue weighted by atomic mass is 127. The lowest BCUT2D eigenvalue weighted by Gasteiger charge is -2.09. The van der Waals surface area contributed by atoms with Crippen LogP contribution < -0.4 is 0 Å². The highest BCUT2D eigenvalue weighted by Crippen LogP contribution is 2.31. The number of hydrogen-bond donors (Lipinski definition) is 0. The fourth-order valence-corrected chi connectivity index (χ4v) is 3.12. The van der Waals surface area contributed by atoms with Crippen molar-refractivity contribution >= 4 is 56.1 Å². The minimum atomic E-state index is -0.468. The predicted octanol–water partition coefficient (Wildman–Crippen LogP) is 5.66. The summed E-state index contributed by atoms with van der Waals surface area (Å²) in [5, 5.41) is 2.40. The molecule has 24 heavy (non-hydrogen) atoms. The van der Waals surface area contributed by atoms with Gasteiger partial charge in [-0.25, -0.2) is 4.79 Å². The third-order valence-corrected chi connectivity index (χ3v) is 4.39. The van der Waals surface area contributed by atoms with E-state index < -0.39 is 5.97 Å². The number of benzene rings is 2. The molecule has 0 aliphatic heterocycles. The van der Waals surface area contributed by atoms with Gasteiger partial charge in [-0.05, 0) is 41.6 Å². The van der Waals surface area contributed by atoms with Gasteiger partial charge in [0, 0.05) is 32.7 Å². The van der Waals surface area contributed by atoms with Gasteiger partial charge < -0.3 is 9.30 Å². The van der Waals surface area contributed by atoms with E-state index in [9.17, 15) is 4.79 Å². The van der Waals surface area contributed by atoms with E-state index in [1.165, 1.54) is 10.8 Å². The number of para-hydroxylation sites is 2. The number of carbonyl (C=O) groups excluding carboxylic acids is 1. The number of aromatic nitrogens is 1. The van der Waals surface area contributed by atoms with Crippen LogP contribution in [0, 0.1) is 0 Å². The Morgan fingerprint density at radius 2 is 1.62 bits per heavy atom. The maximum Gasteiger partial charge on any atom is 0.335 e. The van der Waals surface area contributed by atoms with Crippen LogP contribution in [0.25, 0.3) is 27.5 Å². The molecule has 3 rings (SSSR count). The average Bonchev–Trinajstić information content (AvgIpc) is 2.95. The molecule has 1 heterocycles. The van der Waals surface area contributed by atoms with Crippen molar-refractivity contribution in [2.45, 2.75) is 6.92 Å². The zero-order valence-corrected chi connectivity index (χ0v) is 15.4. The second-order valence-corrected chi connectivity index (χ2v) is 5.91. The summed E-state index contributed by atoms with van der Waals surface area (Å²) in [7, 11) is 0. The Kier molecular flexibility index (Phi) is 4.85. The van der Waals surface area contributed by atoms with Gasteiger partial charge in [-0.1, -0.05) is 43.0 Å². The molecule has 0 spiro atoms. The second-order valence-electron chi connectivity index (χ2n) is 5.29. The largest absolute Gasteiger partial charge is 0.423 e. The lowest BCUT2D eigenvalue weighted by molar-refractivity contribution is -0.133. The minimum Gasteiger partial charge on any atom is -0.423 e. The molecule has 0 unspecified atom stereocenters. The molecule has 0 fully saturated rings. The topological polar surface area (TPSA) is 31.2 Å². The fourth-order valence-electron chi connectivity index (χ4n) is 2.81. The quantitative estimate of drug-likeness (QED) is 0.176. The molecular weight excluding hydrogens is 413 g/mol. The lowest BCUT2D eigenvalue weighted by atomic mass is 10.2. The average molecular weight is 429 g/mol. The maximum absolute atomic E-state index is 11.5. The van der Waals surface area contributed by atoms with Crippen molar-refractivity contribution in [3.63, 3.8) is 0 Å². The van der Waals surface area contributed by atoms with Crippen molar-refractivity contribution in [1.82, 2.24) is 4.57 Å². The Hall–Kier alpha value is -2.34. The molecule has 3 aromatic rings. The molecule has 1 aromatic heterocycles. The van der Waals surface area contributed by atoms with Gasteiger partial charge in [-0.3, -0.25) is 0 Å². The van der Waals surface area contributed by atoms with E-state index >= 15 is 0 Å². The van der Waals surface area contributed by atoms with Crippen molar-refractivity contribution in [1.29, 1.82) is 0 Å². The molecule has 0 radical (unpaired) electrons. The number of nitrogens with zero attached hydrogens (tertiary/aromatic N) is 1. The SMILES string of the molecule is C=CC(=O)OC(=C/I)/C=C(\C)n1c2ccccc2c2ccccc21. The zero-order valence-electron chi connectivity index (χ0n) is 13.2. The molecule has 0 aliphatic carbocycles. The van der Waals surface area contributed by atoms with Crippen LogP contribution in [0.15, 0.2) is 77.1 Å². The molecule has 0 bridgehead atoms. The molecule has 2 aromatic carbocycles. The molecular formula is C20H16INO2. The van der Waals surface area contributed by atoms with E-state index in [-0.39, 0.29) is 0 Å². The van der Waals surface area contributed by atoms with E-state index in [0.29, 0.717) is 5.76 Å². The molecule has 120 valence electrons. The van der Waals surface area contributed by atoms with Gasteiger partial charge in [0.25, 0.3) is 0 Å². The van der Waals surface area contributed by atoms with E-state index in [2.05, 4.69) is 58.0 Å². The number of allylic oxidation sites excluding steroid dienone is 2. The summed E-state index contributed by atoms with van der Waals surface area (Å²) in [5.74, 6) is 0.0176. The molecule has 0 saturated carbocycles. The van der Waals surface area contributed by atoms with Crippen molar-refractivity contribution in [3.05, 3.63) is 77.1 Å².